The summed E-state index contributed by atoms with van der Waals surface area (Å²) in [5.41, 5.74) is -0.976. The minimum atomic E-state index is -4.53. The summed E-state index contributed by atoms with van der Waals surface area (Å²) in [5, 5.41) is 8.75. The van der Waals surface area contributed by atoms with E-state index in [4.69, 9.17) is 0 Å². The van der Waals surface area contributed by atoms with Gasteiger partial charge in [0.1, 0.15) is 16.1 Å². The van der Waals surface area contributed by atoms with E-state index >= 15 is 0 Å². The van der Waals surface area contributed by atoms with E-state index in [-0.39, 0.29) is 11.3 Å². The summed E-state index contributed by atoms with van der Waals surface area (Å²) in [6.45, 7) is 1.34. The van der Waals surface area contributed by atoms with Gasteiger partial charge in [0.25, 0.3) is 5.91 Å². The topological polar surface area (TPSA) is 70.7 Å². The third-order valence-corrected chi connectivity index (χ3v) is 2.82. The Balaban J connectivity index is 2.22. The van der Waals surface area contributed by atoms with Crippen molar-refractivity contribution in [2.45, 2.75) is 13.1 Å². The van der Waals surface area contributed by atoms with E-state index in [1.807, 2.05) is 0 Å². The van der Waals surface area contributed by atoms with Gasteiger partial charge in [-0.05, 0) is 35.0 Å². The van der Waals surface area contributed by atoms with Crippen LogP contribution in [-0.4, -0.2) is 21.1 Å². The van der Waals surface area contributed by atoms with Gasteiger partial charge in [-0.3, -0.25) is 9.89 Å². The van der Waals surface area contributed by atoms with Crippen LogP contribution < -0.4 is 5.32 Å². The maximum absolute atomic E-state index is 12.5. The summed E-state index contributed by atoms with van der Waals surface area (Å²) in [4.78, 5) is 15.3. The third-order valence-electron chi connectivity index (χ3n) is 2.42. The fraction of sp³-hybridized carbons (Fsp3) is 0.182. The average molecular weight is 349 g/mol. The minimum absolute atomic E-state index is 0.00379. The fourth-order valence-corrected chi connectivity index (χ4v) is 1.83. The molecule has 0 aliphatic rings. The summed E-state index contributed by atoms with van der Waals surface area (Å²) in [6.07, 6.45) is -4.53. The SMILES string of the molecule is Cc1nc(C(F)(F)F)ccc1C(=O)Nc1cc(Br)n[nH]1. The van der Waals surface area contributed by atoms with Crippen molar-refractivity contribution in [3.63, 3.8) is 0 Å². The number of carbonyl (C=O) groups excluding carboxylic acids is 1. The van der Waals surface area contributed by atoms with Gasteiger partial charge < -0.3 is 5.32 Å². The smallest absolute Gasteiger partial charge is 0.307 e. The summed E-state index contributed by atoms with van der Waals surface area (Å²) < 4.78 is 37.9. The number of halogens is 4. The molecule has 106 valence electrons. The van der Waals surface area contributed by atoms with Crippen LogP contribution >= 0.6 is 15.9 Å². The lowest BCUT2D eigenvalue weighted by Gasteiger charge is -2.09. The second-order valence-corrected chi connectivity index (χ2v) is 4.70. The summed E-state index contributed by atoms with van der Waals surface area (Å²) in [6, 6.07) is 3.38. The molecule has 0 bridgehead atoms. The molecule has 0 saturated heterocycles. The van der Waals surface area contributed by atoms with Crippen LogP contribution in [0.25, 0.3) is 0 Å². The van der Waals surface area contributed by atoms with E-state index in [0.29, 0.717) is 10.4 Å². The summed E-state index contributed by atoms with van der Waals surface area (Å²) in [7, 11) is 0. The predicted molar refractivity (Wildman–Crippen MR) is 68.2 cm³/mol. The zero-order valence-electron chi connectivity index (χ0n) is 10.0. The van der Waals surface area contributed by atoms with Crippen molar-refractivity contribution < 1.29 is 18.0 Å². The van der Waals surface area contributed by atoms with Crippen LogP contribution in [0.2, 0.25) is 0 Å². The molecule has 0 unspecified atom stereocenters. The number of nitrogens with zero attached hydrogens (tertiary/aromatic N) is 2. The maximum Gasteiger partial charge on any atom is 0.433 e. The van der Waals surface area contributed by atoms with Crippen LogP contribution in [0.1, 0.15) is 21.7 Å². The Bertz CT molecular complexity index is 653. The first kappa shape index (κ1) is 14.5. The number of alkyl halides is 3. The average Bonchev–Trinajstić information content (AvgIpc) is 2.73. The third kappa shape index (κ3) is 3.16. The van der Waals surface area contributed by atoms with Gasteiger partial charge in [0.15, 0.2) is 0 Å². The van der Waals surface area contributed by atoms with E-state index in [0.717, 1.165) is 12.1 Å². The molecule has 9 heteroatoms. The number of hydrogen-bond acceptors (Lipinski definition) is 3. The van der Waals surface area contributed by atoms with Crippen LogP contribution in [0.5, 0.6) is 0 Å². The molecular weight excluding hydrogens is 341 g/mol. The highest BCUT2D eigenvalue weighted by molar-refractivity contribution is 9.10. The number of anilines is 1. The van der Waals surface area contributed by atoms with Gasteiger partial charge in [-0.25, -0.2) is 4.98 Å². The lowest BCUT2D eigenvalue weighted by atomic mass is 10.1. The van der Waals surface area contributed by atoms with E-state index < -0.39 is 17.8 Å². The van der Waals surface area contributed by atoms with Crippen LogP contribution in [0.15, 0.2) is 22.8 Å². The zero-order valence-corrected chi connectivity index (χ0v) is 11.6. The Morgan fingerprint density at radius 2 is 2.10 bits per heavy atom. The number of aryl methyl sites for hydroxylation is 1. The molecule has 2 heterocycles. The highest BCUT2D eigenvalue weighted by atomic mass is 79.9. The van der Waals surface area contributed by atoms with Gasteiger partial charge in [-0.15, -0.1) is 0 Å². The van der Waals surface area contributed by atoms with Crippen LogP contribution in [0, 0.1) is 6.92 Å². The molecule has 0 aromatic carbocycles. The Hall–Kier alpha value is -1.90. The number of amides is 1. The molecule has 20 heavy (non-hydrogen) atoms. The number of nitrogens with one attached hydrogen (secondary N) is 2. The van der Waals surface area contributed by atoms with Crippen LogP contribution in [-0.2, 0) is 6.18 Å². The molecule has 1 amide bonds. The van der Waals surface area contributed by atoms with Gasteiger partial charge in [0, 0.05) is 6.07 Å². The first-order valence-electron chi connectivity index (χ1n) is 5.34. The van der Waals surface area contributed by atoms with Gasteiger partial charge in [0.2, 0.25) is 0 Å². The molecule has 2 aromatic heterocycles. The Morgan fingerprint density at radius 1 is 1.40 bits per heavy atom. The molecule has 5 nitrogen and oxygen atoms in total. The van der Waals surface area contributed by atoms with Gasteiger partial charge >= 0.3 is 6.18 Å². The number of pyridine rings is 1. The molecule has 2 aromatic rings. The maximum atomic E-state index is 12.5. The van der Waals surface area contributed by atoms with Gasteiger partial charge in [-0.2, -0.15) is 18.3 Å². The van der Waals surface area contributed by atoms with Crippen molar-refractivity contribution in [3.8, 4) is 0 Å². The monoisotopic (exact) mass is 348 g/mol. The van der Waals surface area contributed by atoms with E-state index in [2.05, 4.69) is 36.4 Å². The van der Waals surface area contributed by atoms with Crippen molar-refractivity contribution in [1.82, 2.24) is 15.2 Å². The number of hydrogen-bond donors (Lipinski definition) is 2. The molecule has 2 N–H and O–H groups in total. The molecule has 0 atom stereocenters. The van der Waals surface area contributed by atoms with E-state index in [1.54, 1.807) is 0 Å². The molecule has 0 fully saturated rings. The predicted octanol–water partition coefficient (Wildman–Crippen LogP) is 3.15. The Labute approximate surface area is 119 Å². The Morgan fingerprint density at radius 3 is 2.60 bits per heavy atom. The zero-order chi connectivity index (χ0) is 14.9. The summed E-state index contributed by atoms with van der Waals surface area (Å²) >= 11 is 3.09. The second-order valence-electron chi connectivity index (χ2n) is 3.89. The van der Waals surface area contributed by atoms with Crippen molar-refractivity contribution in [2.75, 3.05) is 5.32 Å². The summed E-state index contributed by atoms with van der Waals surface area (Å²) in [5.74, 6) is -0.249. The first-order valence-corrected chi connectivity index (χ1v) is 6.14. The van der Waals surface area contributed by atoms with Crippen LogP contribution in [0.3, 0.4) is 0 Å². The van der Waals surface area contributed by atoms with Crippen molar-refractivity contribution in [2.24, 2.45) is 0 Å². The van der Waals surface area contributed by atoms with Crippen molar-refractivity contribution in [1.29, 1.82) is 0 Å². The number of rotatable bonds is 2. The minimum Gasteiger partial charge on any atom is -0.307 e. The van der Waals surface area contributed by atoms with Crippen molar-refractivity contribution in [3.05, 3.63) is 39.8 Å². The largest absolute Gasteiger partial charge is 0.433 e. The molecule has 0 saturated carbocycles. The van der Waals surface area contributed by atoms with Gasteiger partial charge in [-0.1, -0.05) is 0 Å². The number of carbonyl (C=O) groups is 1. The molecular formula is C11H8BrF3N4O. The second kappa shape index (κ2) is 5.23. The number of aromatic nitrogens is 3. The first-order chi connectivity index (χ1) is 9.27. The van der Waals surface area contributed by atoms with Gasteiger partial charge in [0.05, 0.1) is 11.3 Å². The lowest BCUT2D eigenvalue weighted by Crippen LogP contribution is -2.16. The molecule has 0 spiro atoms. The van der Waals surface area contributed by atoms with E-state index in [1.165, 1.54) is 13.0 Å². The molecule has 2 rings (SSSR count). The Kier molecular flexibility index (Phi) is 3.80. The quantitative estimate of drug-likeness (QED) is 0.875. The highest BCUT2D eigenvalue weighted by Crippen LogP contribution is 2.28. The fourth-order valence-electron chi connectivity index (χ4n) is 1.51. The molecule has 0 radical (unpaired) electrons. The standard InChI is InChI=1S/C11H8BrF3N4O/c1-5-6(2-3-7(16-5)11(13,14)15)10(20)17-9-4-8(12)18-19-9/h2-4H,1H3,(H2,17,18,19,20). The van der Waals surface area contributed by atoms with Crippen molar-refractivity contribution >= 4 is 27.7 Å². The number of H-pyrrole nitrogens is 1. The molecule has 0 aliphatic heterocycles. The highest BCUT2D eigenvalue weighted by Gasteiger charge is 2.33. The molecule has 0 aliphatic carbocycles. The normalized spacial score (nSPS) is 11.4. The van der Waals surface area contributed by atoms with E-state index in [9.17, 15) is 18.0 Å². The number of aromatic amines is 1. The lowest BCUT2D eigenvalue weighted by molar-refractivity contribution is -0.141. The van der Waals surface area contributed by atoms with Crippen LogP contribution in [0.4, 0.5) is 19.0 Å².